The van der Waals surface area contributed by atoms with Crippen LogP contribution < -0.4 is 10.0 Å². The molecule has 0 bridgehead atoms. The zero-order chi connectivity index (χ0) is 17.9. The average Bonchev–Trinajstić information content (AvgIpc) is 3.36. The number of nitrogens with zero attached hydrogens (tertiary/aromatic N) is 2. The minimum Gasteiger partial charge on any atom is -0.343 e. The fraction of sp³-hybridized carbons (Fsp3) is 0.312. The van der Waals surface area contributed by atoms with Crippen LogP contribution in [-0.2, 0) is 16.6 Å². The second-order valence-corrected chi connectivity index (χ2v) is 7.32. The molecule has 2 N–H and O–H groups in total. The number of aromatic nitrogens is 2. The van der Waals surface area contributed by atoms with Crippen molar-refractivity contribution in [3.63, 3.8) is 0 Å². The third kappa shape index (κ3) is 4.23. The quantitative estimate of drug-likeness (QED) is 0.706. The Morgan fingerprint density at radius 1 is 1.32 bits per heavy atom. The lowest BCUT2D eigenvalue weighted by atomic mass is 10.2. The van der Waals surface area contributed by atoms with Crippen molar-refractivity contribution < 1.29 is 17.7 Å². The molecular formula is C16H16N4O4S. The zero-order valence-corrected chi connectivity index (χ0v) is 14.0. The zero-order valence-electron chi connectivity index (χ0n) is 13.2. The molecule has 3 rings (SSSR count). The van der Waals surface area contributed by atoms with E-state index in [1.165, 1.54) is 24.3 Å². The molecule has 1 aromatic carbocycles. The Bertz CT molecular complexity index is 908. The Morgan fingerprint density at radius 3 is 2.68 bits per heavy atom. The fourth-order valence-corrected chi connectivity index (χ4v) is 3.05. The number of carbonyl (C=O) groups is 1. The smallest absolute Gasteiger partial charge is 0.251 e. The van der Waals surface area contributed by atoms with Gasteiger partial charge in [0.25, 0.3) is 5.91 Å². The molecule has 0 atom stereocenters. The summed E-state index contributed by atoms with van der Waals surface area (Å²) in [6.45, 7) is 0.0138. The van der Waals surface area contributed by atoms with Gasteiger partial charge in [-0.25, -0.2) is 8.42 Å². The van der Waals surface area contributed by atoms with Crippen molar-refractivity contribution in [2.75, 3.05) is 6.54 Å². The first kappa shape index (κ1) is 17.1. The van der Waals surface area contributed by atoms with Gasteiger partial charge in [0.15, 0.2) is 5.82 Å². The van der Waals surface area contributed by atoms with E-state index < -0.39 is 10.0 Å². The summed E-state index contributed by atoms with van der Waals surface area (Å²) in [6, 6.07) is 5.52. The van der Waals surface area contributed by atoms with E-state index >= 15 is 0 Å². The second-order valence-electron chi connectivity index (χ2n) is 5.56. The fourth-order valence-electron chi connectivity index (χ4n) is 2.11. The van der Waals surface area contributed by atoms with Crippen molar-refractivity contribution >= 4 is 15.9 Å². The summed E-state index contributed by atoms with van der Waals surface area (Å²) in [6.07, 6.45) is 7.17. The number of amides is 1. The lowest BCUT2D eigenvalue weighted by Crippen LogP contribution is -2.25. The highest BCUT2D eigenvalue weighted by Crippen LogP contribution is 2.38. The van der Waals surface area contributed by atoms with Gasteiger partial charge < -0.3 is 9.84 Å². The minimum atomic E-state index is -3.68. The van der Waals surface area contributed by atoms with E-state index in [1.54, 1.807) is 0 Å². The summed E-state index contributed by atoms with van der Waals surface area (Å²) >= 11 is 0. The number of benzene rings is 1. The van der Waals surface area contributed by atoms with Crippen molar-refractivity contribution in [3.8, 4) is 12.3 Å². The van der Waals surface area contributed by atoms with Crippen molar-refractivity contribution in [1.82, 2.24) is 20.2 Å². The van der Waals surface area contributed by atoms with Crippen LogP contribution in [0.15, 0.2) is 33.7 Å². The van der Waals surface area contributed by atoms with Gasteiger partial charge >= 0.3 is 0 Å². The molecule has 0 aliphatic heterocycles. The number of terminal acetylenes is 1. The molecule has 0 saturated heterocycles. The van der Waals surface area contributed by atoms with E-state index in [9.17, 15) is 13.2 Å². The molecular weight excluding hydrogens is 344 g/mol. The van der Waals surface area contributed by atoms with Gasteiger partial charge in [-0.1, -0.05) is 11.1 Å². The normalized spacial score (nSPS) is 14.0. The monoisotopic (exact) mass is 360 g/mol. The molecule has 1 aromatic heterocycles. The molecule has 0 radical (unpaired) electrons. The molecule has 0 spiro atoms. The average molecular weight is 360 g/mol. The molecule has 1 saturated carbocycles. The molecule has 130 valence electrons. The molecule has 1 aliphatic rings. The first-order valence-electron chi connectivity index (χ1n) is 7.63. The van der Waals surface area contributed by atoms with E-state index in [2.05, 4.69) is 26.1 Å². The van der Waals surface area contributed by atoms with Crippen LogP contribution in [0.2, 0.25) is 0 Å². The SMILES string of the molecule is C#CCNS(=O)(=O)c1ccc(C(=O)NCc2nc(C3CC3)no2)cc1. The number of hydrogen-bond acceptors (Lipinski definition) is 6. The minimum absolute atomic E-state index is 0.0327. The molecule has 0 unspecified atom stereocenters. The van der Waals surface area contributed by atoms with Gasteiger partial charge in [0, 0.05) is 11.5 Å². The summed E-state index contributed by atoms with van der Waals surface area (Å²) in [5.41, 5.74) is 0.317. The Morgan fingerprint density at radius 2 is 2.04 bits per heavy atom. The van der Waals surface area contributed by atoms with Crippen molar-refractivity contribution in [2.24, 2.45) is 0 Å². The third-order valence-electron chi connectivity index (χ3n) is 3.62. The van der Waals surface area contributed by atoms with Crippen molar-refractivity contribution in [1.29, 1.82) is 0 Å². The lowest BCUT2D eigenvalue weighted by molar-refractivity contribution is 0.0946. The Kier molecular flexibility index (Phi) is 4.83. The maximum absolute atomic E-state index is 12.1. The van der Waals surface area contributed by atoms with E-state index in [0.29, 0.717) is 23.2 Å². The van der Waals surface area contributed by atoms with Gasteiger partial charge in [-0.2, -0.15) is 9.71 Å². The van der Waals surface area contributed by atoms with Gasteiger partial charge in [-0.15, -0.1) is 6.42 Å². The summed E-state index contributed by atoms with van der Waals surface area (Å²) < 4.78 is 31.1. The molecule has 1 fully saturated rings. The van der Waals surface area contributed by atoms with Gasteiger partial charge in [0.05, 0.1) is 18.0 Å². The highest BCUT2D eigenvalue weighted by molar-refractivity contribution is 7.89. The molecule has 8 nitrogen and oxygen atoms in total. The van der Waals surface area contributed by atoms with E-state index in [-0.39, 0.29) is 23.9 Å². The summed E-state index contributed by atoms with van der Waals surface area (Å²) in [7, 11) is -3.68. The Hall–Kier alpha value is -2.70. The van der Waals surface area contributed by atoms with Crippen LogP contribution in [0.5, 0.6) is 0 Å². The van der Waals surface area contributed by atoms with Crippen molar-refractivity contribution in [3.05, 3.63) is 41.5 Å². The Balaban J connectivity index is 1.59. The third-order valence-corrected chi connectivity index (χ3v) is 5.03. The van der Waals surface area contributed by atoms with Gasteiger partial charge in [0.1, 0.15) is 0 Å². The Labute approximate surface area is 145 Å². The van der Waals surface area contributed by atoms with Crippen LogP contribution in [0, 0.1) is 12.3 Å². The summed E-state index contributed by atoms with van der Waals surface area (Å²) in [5.74, 6) is 3.22. The van der Waals surface area contributed by atoms with Crippen LogP contribution in [0.1, 0.15) is 40.8 Å². The molecule has 9 heteroatoms. The van der Waals surface area contributed by atoms with Crippen LogP contribution in [0.3, 0.4) is 0 Å². The first-order chi connectivity index (χ1) is 12.0. The van der Waals surface area contributed by atoms with Gasteiger partial charge in [-0.05, 0) is 37.1 Å². The predicted octanol–water partition coefficient (Wildman–Crippen LogP) is 0.788. The number of nitrogens with one attached hydrogen (secondary N) is 2. The largest absolute Gasteiger partial charge is 0.343 e. The van der Waals surface area contributed by atoms with Crippen LogP contribution in [-0.4, -0.2) is 31.0 Å². The maximum Gasteiger partial charge on any atom is 0.251 e. The predicted molar refractivity (Wildman–Crippen MR) is 87.9 cm³/mol. The highest BCUT2D eigenvalue weighted by Gasteiger charge is 2.28. The lowest BCUT2D eigenvalue weighted by Gasteiger charge is -2.06. The number of rotatable bonds is 7. The topological polar surface area (TPSA) is 114 Å². The molecule has 1 heterocycles. The van der Waals surface area contributed by atoms with E-state index in [1.807, 2.05) is 0 Å². The summed E-state index contributed by atoms with van der Waals surface area (Å²) in [5, 5.41) is 6.52. The maximum atomic E-state index is 12.1. The number of sulfonamides is 1. The highest BCUT2D eigenvalue weighted by atomic mass is 32.2. The summed E-state index contributed by atoms with van der Waals surface area (Å²) in [4.78, 5) is 16.4. The standard InChI is InChI=1S/C16H16N4O4S/c1-2-9-18-25(22,23)13-7-5-12(6-8-13)16(21)17-10-14-19-15(20-24-14)11-3-4-11/h1,5-8,11,18H,3-4,9-10H2,(H,17,21). The molecule has 1 amide bonds. The molecule has 2 aromatic rings. The second kappa shape index (κ2) is 7.04. The van der Waals surface area contributed by atoms with Gasteiger partial charge in [-0.3, -0.25) is 4.79 Å². The van der Waals surface area contributed by atoms with E-state index in [4.69, 9.17) is 10.9 Å². The molecule has 1 aliphatic carbocycles. The van der Waals surface area contributed by atoms with Crippen molar-refractivity contribution in [2.45, 2.75) is 30.2 Å². The number of carbonyl (C=O) groups excluding carboxylic acids is 1. The van der Waals surface area contributed by atoms with Crippen LogP contribution >= 0.6 is 0 Å². The molecule has 25 heavy (non-hydrogen) atoms. The van der Waals surface area contributed by atoms with E-state index in [0.717, 1.165) is 12.8 Å². The van der Waals surface area contributed by atoms with Gasteiger partial charge in [0.2, 0.25) is 15.9 Å². The number of hydrogen-bond donors (Lipinski definition) is 2. The van der Waals surface area contributed by atoms with Crippen LogP contribution in [0.4, 0.5) is 0 Å². The first-order valence-corrected chi connectivity index (χ1v) is 9.12. The van der Waals surface area contributed by atoms with Crippen LogP contribution in [0.25, 0.3) is 0 Å².